The number of rotatable bonds is 8. The Morgan fingerprint density at radius 2 is 2.05 bits per heavy atom. The Hall–Kier alpha value is -1.97. The molecule has 4 nitrogen and oxygen atoms in total. The number of nitrogens with one attached hydrogen (secondary N) is 1. The van der Waals surface area contributed by atoms with E-state index < -0.39 is 0 Å². The third-order valence-electron chi connectivity index (χ3n) is 3.07. The van der Waals surface area contributed by atoms with Gasteiger partial charge in [0.15, 0.2) is 0 Å². The van der Waals surface area contributed by atoms with Gasteiger partial charge >= 0.3 is 0 Å². The first-order valence-electron chi connectivity index (χ1n) is 7.29. The van der Waals surface area contributed by atoms with Gasteiger partial charge in [0.25, 0.3) is 0 Å². The van der Waals surface area contributed by atoms with Crippen LogP contribution in [0.25, 0.3) is 0 Å². The zero-order valence-electron chi connectivity index (χ0n) is 12.3. The van der Waals surface area contributed by atoms with Gasteiger partial charge < -0.3 is 14.6 Å². The van der Waals surface area contributed by atoms with Crippen LogP contribution in [-0.4, -0.2) is 16.2 Å². The van der Waals surface area contributed by atoms with Crippen LogP contribution < -0.4 is 10.1 Å². The summed E-state index contributed by atoms with van der Waals surface area (Å²) in [5, 5.41) is 3.44. The number of benzene rings is 1. The van der Waals surface area contributed by atoms with Crippen molar-refractivity contribution in [3.05, 3.63) is 42.5 Å². The molecule has 0 spiro atoms. The monoisotopic (exact) mass is 273 g/mol. The number of aromatic nitrogens is 2. The second-order valence-electron chi connectivity index (χ2n) is 4.78. The summed E-state index contributed by atoms with van der Waals surface area (Å²) in [6.45, 7) is 6.79. The van der Waals surface area contributed by atoms with Crippen molar-refractivity contribution in [1.82, 2.24) is 9.55 Å². The van der Waals surface area contributed by atoms with Crippen LogP contribution in [0, 0.1) is 0 Å². The van der Waals surface area contributed by atoms with Crippen molar-refractivity contribution in [3.63, 3.8) is 0 Å². The second kappa shape index (κ2) is 7.58. The molecular formula is C16H23N3O. The first-order valence-corrected chi connectivity index (χ1v) is 7.29. The highest BCUT2D eigenvalue weighted by Gasteiger charge is 2.05. The summed E-state index contributed by atoms with van der Waals surface area (Å²) in [5.41, 5.74) is 2.22. The molecule has 0 saturated heterocycles. The van der Waals surface area contributed by atoms with Crippen LogP contribution in [0.5, 0.6) is 5.75 Å². The van der Waals surface area contributed by atoms with Gasteiger partial charge in [-0.2, -0.15) is 0 Å². The highest BCUT2D eigenvalue weighted by atomic mass is 16.5. The number of hydrogen-bond donors (Lipinski definition) is 1. The molecule has 0 unspecified atom stereocenters. The van der Waals surface area contributed by atoms with Gasteiger partial charge in [-0.05, 0) is 25.0 Å². The number of anilines is 1. The lowest BCUT2D eigenvalue weighted by Crippen LogP contribution is -2.08. The van der Waals surface area contributed by atoms with Crippen molar-refractivity contribution in [2.75, 3.05) is 11.9 Å². The first kappa shape index (κ1) is 14.4. The first-order chi connectivity index (χ1) is 9.85. The van der Waals surface area contributed by atoms with Crippen LogP contribution in [0.2, 0.25) is 0 Å². The predicted octanol–water partition coefficient (Wildman–Crippen LogP) is 3.69. The molecule has 0 aliphatic heterocycles. The Morgan fingerprint density at radius 3 is 2.85 bits per heavy atom. The number of aryl methyl sites for hydroxylation is 1. The molecule has 108 valence electrons. The quantitative estimate of drug-likeness (QED) is 0.797. The lowest BCUT2D eigenvalue weighted by Gasteiger charge is -2.13. The Kier molecular flexibility index (Phi) is 5.47. The van der Waals surface area contributed by atoms with Crippen molar-refractivity contribution in [3.8, 4) is 5.75 Å². The van der Waals surface area contributed by atoms with Crippen LogP contribution in [-0.2, 0) is 13.1 Å². The molecule has 0 fully saturated rings. The molecule has 20 heavy (non-hydrogen) atoms. The molecule has 1 aromatic carbocycles. The average molecular weight is 273 g/mol. The molecule has 1 aromatic heterocycles. The van der Waals surface area contributed by atoms with Crippen molar-refractivity contribution in [1.29, 1.82) is 0 Å². The summed E-state index contributed by atoms with van der Waals surface area (Å²) >= 11 is 0. The van der Waals surface area contributed by atoms with Gasteiger partial charge in [-0.25, -0.2) is 4.98 Å². The molecule has 0 saturated carbocycles. The molecule has 2 rings (SSSR count). The molecule has 1 N–H and O–H groups in total. The maximum atomic E-state index is 5.75. The molecular weight excluding hydrogens is 250 g/mol. The van der Waals surface area contributed by atoms with Gasteiger partial charge in [-0.15, -0.1) is 0 Å². The van der Waals surface area contributed by atoms with Gasteiger partial charge in [0.2, 0.25) is 0 Å². The molecule has 0 bridgehead atoms. The van der Waals surface area contributed by atoms with E-state index in [-0.39, 0.29) is 0 Å². The van der Waals surface area contributed by atoms with Crippen LogP contribution in [0.1, 0.15) is 32.4 Å². The van der Waals surface area contributed by atoms with E-state index in [9.17, 15) is 0 Å². The summed E-state index contributed by atoms with van der Waals surface area (Å²) in [6.07, 6.45) is 5.93. The molecule has 0 atom stereocenters. The van der Waals surface area contributed by atoms with Crippen molar-refractivity contribution in [2.45, 2.75) is 39.8 Å². The normalized spacial score (nSPS) is 10.5. The van der Waals surface area contributed by atoms with Gasteiger partial charge in [-0.1, -0.05) is 26.0 Å². The minimum atomic E-state index is 0.743. The number of para-hydroxylation sites is 2. The lowest BCUT2D eigenvalue weighted by atomic mass is 10.3. The molecule has 4 heteroatoms. The van der Waals surface area contributed by atoms with Crippen molar-refractivity contribution < 1.29 is 4.74 Å². The summed E-state index contributed by atoms with van der Waals surface area (Å²) in [4.78, 5) is 4.22. The largest absolute Gasteiger partial charge is 0.491 e. The number of nitrogens with zero attached hydrogens (tertiary/aromatic N) is 2. The van der Waals surface area contributed by atoms with Gasteiger partial charge in [0.05, 0.1) is 30.9 Å². The van der Waals surface area contributed by atoms with E-state index in [1.165, 1.54) is 5.69 Å². The number of ether oxygens (including phenoxy) is 1. The SMILES string of the molecule is CCCOc1ccccc1NCc1cncn1CCC. The molecule has 0 amide bonds. The molecule has 0 aliphatic rings. The Balaban J connectivity index is 2.01. The summed E-state index contributed by atoms with van der Waals surface area (Å²) < 4.78 is 7.93. The van der Waals surface area contributed by atoms with Crippen LogP contribution >= 0.6 is 0 Å². The fourth-order valence-electron chi connectivity index (χ4n) is 2.07. The standard InChI is InChI=1S/C16H23N3O/c1-3-9-19-13-17-11-14(19)12-18-15-7-5-6-8-16(15)20-10-4-2/h5-8,11,13,18H,3-4,9-10,12H2,1-2H3. The highest BCUT2D eigenvalue weighted by Crippen LogP contribution is 2.24. The fraction of sp³-hybridized carbons (Fsp3) is 0.438. The van der Waals surface area contributed by atoms with Crippen molar-refractivity contribution in [2.24, 2.45) is 0 Å². The van der Waals surface area contributed by atoms with Crippen LogP contribution in [0.4, 0.5) is 5.69 Å². The molecule has 2 aromatic rings. The topological polar surface area (TPSA) is 39.1 Å². The minimum absolute atomic E-state index is 0.743. The van der Waals surface area contributed by atoms with E-state index in [0.717, 1.165) is 44.0 Å². The van der Waals surface area contributed by atoms with Gasteiger partial charge in [-0.3, -0.25) is 0 Å². The zero-order chi connectivity index (χ0) is 14.2. The van der Waals surface area contributed by atoms with Crippen LogP contribution in [0.3, 0.4) is 0 Å². The maximum Gasteiger partial charge on any atom is 0.142 e. The summed E-state index contributed by atoms with van der Waals surface area (Å²) in [7, 11) is 0. The van der Waals surface area contributed by atoms with E-state index in [0.29, 0.717) is 0 Å². The van der Waals surface area contributed by atoms with E-state index in [2.05, 4.69) is 28.7 Å². The Morgan fingerprint density at radius 1 is 1.20 bits per heavy atom. The fourth-order valence-corrected chi connectivity index (χ4v) is 2.07. The highest BCUT2D eigenvalue weighted by molar-refractivity contribution is 5.56. The minimum Gasteiger partial charge on any atom is -0.491 e. The number of hydrogen-bond acceptors (Lipinski definition) is 3. The second-order valence-corrected chi connectivity index (χ2v) is 4.78. The lowest BCUT2D eigenvalue weighted by molar-refractivity contribution is 0.319. The average Bonchev–Trinajstić information content (AvgIpc) is 2.91. The molecule has 1 heterocycles. The van der Waals surface area contributed by atoms with Crippen molar-refractivity contribution >= 4 is 5.69 Å². The third kappa shape index (κ3) is 3.76. The van der Waals surface area contributed by atoms with E-state index >= 15 is 0 Å². The Bertz CT molecular complexity index is 522. The summed E-state index contributed by atoms with van der Waals surface area (Å²) in [6, 6.07) is 8.06. The third-order valence-corrected chi connectivity index (χ3v) is 3.07. The predicted molar refractivity (Wildman–Crippen MR) is 82.1 cm³/mol. The van der Waals surface area contributed by atoms with Gasteiger partial charge in [0, 0.05) is 12.7 Å². The smallest absolute Gasteiger partial charge is 0.142 e. The summed E-state index contributed by atoms with van der Waals surface area (Å²) in [5.74, 6) is 0.913. The van der Waals surface area contributed by atoms with E-state index in [1.54, 1.807) is 0 Å². The van der Waals surface area contributed by atoms with E-state index in [1.807, 2.05) is 36.8 Å². The molecule has 0 radical (unpaired) electrons. The van der Waals surface area contributed by atoms with E-state index in [4.69, 9.17) is 4.74 Å². The molecule has 0 aliphatic carbocycles. The maximum absolute atomic E-state index is 5.75. The van der Waals surface area contributed by atoms with Crippen LogP contribution in [0.15, 0.2) is 36.8 Å². The Labute approximate surface area is 120 Å². The number of imidazole rings is 1. The van der Waals surface area contributed by atoms with Gasteiger partial charge in [0.1, 0.15) is 5.75 Å². The zero-order valence-corrected chi connectivity index (χ0v) is 12.3.